The van der Waals surface area contributed by atoms with Crippen LogP contribution in [0.2, 0.25) is 0 Å². The number of piperidine rings is 1. The van der Waals surface area contributed by atoms with Gasteiger partial charge in [0, 0.05) is 19.0 Å². The molecule has 2 aliphatic rings. The lowest BCUT2D eigenvalue weighted by molar-refractivity contribution is -0.142. The first-order chi connectivity index (χ1) is 7.66. The van der Waals surface area contributed by atoms with Gasteiger partial charge >= 0.3 is 5.97 Å². The normalized spacial score (nSPS) is 25.5. The lowest BCUT2D eigenvalue weighted by atomic mass is 9.98. The number of rotatable bonds is 4. The molecule has 4 heteroatoms. The minimum atomic E-state index is -0.795. The molecule has 0 aromatic carbocycles. The number of carbonyl (C=O) groups excluding carboxylic acids is 1. The molecule has 1 amide bonds. The summed E-state index contributed by atoms with van der Waals surface area (Å²) in [5.41, 5.74) is 0. The SMILES string of the molecule is O=C(O)CC1CCCCN1C(=O)CC1CC1. The summed E-state index contributed by atoms with van der Waals surface area (Å²) in [6.07, 6.45) is 6.00. The Morgan fingerprint density at radius 1 is 1.12 bits per heavy atom. The van der Waals surface area contributed by atoms with Gasteiger partial charge in [-0.2, -0.15) is 0 Å². The number of aliphatic carboxylic acids is 1. The summed E-state index contributed by atoms with van der Waals surface area (Å²) in [6.45, 7) is 0.753. The minimum absolute atomic E-state index is 0.0579. The van der Waals surface area contributed by atoms with Crippen LogP contribution in [0, 0.1) is 5.92 Å². The first-order valence-corrected chi connectivity index (χ1v) is 6.18. The van der Waals surface area contributed by atoms with E-state index in [0.717, 1.165) is 25.8 Å². The van der Waals surface area contributed by atoms with E-state index < -0.39 is 5.97 Å². The van der Waals surface area contributed by atoms with Crippen LogP contribution >= 0.6 is 0 Å². The van der Waals surface area contributed by atoms with Crippen LogP contribution in [0.4, 0.5) is 0 Å². The second-order valence-corrected chi connectivity index (χ2v) is 4.98. The Morgan fingerprint density at radius 2 is 1.88 bits per heavy atom. The third-order valence-corrected chi connectivity index (χ3v) is 3.52. The first-order valence-electron chi connectivity index (χ1n) is 6.18. The zero-order chi connectivity index (χ0) is 11.5. The zero-order valence-electron chi connectivity index (χ0n) is 9.52. The van der Waals surface area contributed by atoms with Crippen LogP contribution in [0.3, 0.4) is 0 Å². The molecule has 2 rings (SSSR count). The fourth-order valence-corrected chi connectivity index (χ4v) is 2.43. The number of carboxylic acids is 1. The second kappa shape index (κ2) is 4.85. The van der Waals surface area contributed by atoms with Crippen LogP contribution in [0.15, 0.2) is 0 Å². The van der Waals surface area contributed by atoms with Crippen molar-refractivity contribution in [1.82, 2.24) is 4.90 Å². The molecule has 90 valence electrons. The summed E-state index contributed by atoms with van der Waals surface area (Å²) < 4.78 is 0. The van der Waals surface area contributed by atoms with E-state index in [0.29, 0.717) is 12.3 Å². The number of carboxylic acid groups (broad SMARTS) is 1. The Bertz CT molecular complexity index is 286. The maximum atomic E-state index is 12.0. The molecule has 0 aromatic rings. The third-order valence-electron chi connectivity index (χ3n) is 3.52. The fourth-order valence-electron chi connectivity index (χ4n) is 2.43. The Labute approximate surface area is 95.6 Å². The number of carbonyl (C=O) groups is 2. The molecule has 1 N–H and O–H groups in total. The average molecular weight is 225 g/mol. The maximum absolute atomic E-state index is 12.0. The van der Waals surface area contributed by atoms with Gasteiger partial charge in [-0.05, 0) is 38.0 Å². The monoisotopic (exact) mass is 225 g/mol. The number of nitrogens with zero attached hydrogens (tertiary/aromatic N) is 1. The molecule has 1 unspecified atom stereocenters. The summed E-state index contributed by atoms with van der Waals surface area (Å²) in [5.74, 6) is -0.0375. The highest BCUT2D eigenvalue weighted by Gasteiger charge is 2.32. The molecule has 16 heavy (non-hydrogen) atoms. The number of amides is 1. The van der Waals surface area contributed by atoms with Crippen molar-refractivity contribution < 1.29 is 14.7 Å². The van der Waals surface area contributed by atoms with Crippen molar-refractivity contribution in [3.8, 4) is 0 Å². The molecule has 0 aromatic heterocycles. The second-order valence-electron chi connectivity index (χ2n) is 4.98. The Kier molecular flexibility index (Phi) is 3.46. The highest BCUT2D eigenvalue weighted by Crippen LogP contribution is 2.34. The Hall–Kier alpha value is -1.06. The van der Waals surface area contributed by atoms with E-state index in [4.69, 9.17) is 5.11 Å². The van der Waals surface area contributed by atoms with Crippen molar-refractivity contribution in [1.29, 1.82) is 0 Å². The summed E-state index contributed by atoms with van der Waals surface area (Å²) in [7, 11) is 0. The van der Waals surface area contributed by atoms with E-state index in [9.17, 15) is 9.59 Å². The van der Waals surface area contributed by atoms with Gasteiger partial charge < -0.3 is 10.0 Å². The van der Waals surface area contributed by atoms with Crippen LogP contribution in [0.25, 0.3) is 0 Å². The predicted octanol–water partition coefficient (Wildman–Crippen LogP) is 1.64. The van der Waals surface area contributed by atoms with E-state index in [1.807, 2.05) is 4.90 Å². The van der Waals surface area contributed by atoms with Crippen LogP contribution in [0.1, 0.15) is 44.9 Å². The molecule has 0 spiro atoms. The molecule has 0 bridgehead atoms. The number of hydrogen-bond donors (Lipinski definition) is 1. The van der Waals surface area contributed by atoms with Gasteiger partial charge in [0.1, 0.15) is 0 Å². The summed E-state index contributed by atoms with van der Waals surface area (Å²) in [4.78, 5) is 24.5. The van der Waals surface area contributed by atoms with E-state index in [-0.39, 0.29) is 18.4 Å². The Morgan fingerprint density at radius 3 is 2.50 bits per heavy atom. The van der Waals surface area contributed by atoms with Gasteiger partial charge in [-0.3, -0.25) is 9.59 Å². The van der Waals surface area contributed by atoms with Gasteiger partial charge in [0.25, 0.3) is 0 Å². The van der Waals surface area contributed by atoms with Gasteiger partial charge in [-0.15, -0.1) is 0 Å². The van der Waals surface area contributed by atoms with Crippen molar-refractivity contribution >= 4 is 11.9 Å². The molecule has 1 aliphatic heterocycles. The number of likely N-dealkylation sites (tertiary alicyclic amines) is 1. The van der Waals surface area contributed by atoms with E-state index in [2.05, 4.69) is 0 Å². The van der Waals surface area contributed by atoms with Crippen LogP contribution < -0.4 is 0 Å². The molecule has 2 fully saturated rings. The van der Waals surface area contributed by atoms with Crippen molar-refractivity contribution in [2.75, 3.05) is 6.54 Å². The topological polar surface area (TPSA) is 57.6 Å². The van der Waals surface area contributed by atoms with Gasteiger partial charge in [-0.1, -0.05) is 0 Å². The smallest absolute Gasteiger partial charge is 0.305 e. The van der Waals surface area contributed by atoms with E-state index in [1.54, 1.807) is 0 Å². The first kappa shape index (κ1) is 11.4. The van der Waals surface area contributed by atoms with Crippen molar-refractivity contribution in [2.45, 2.75) is 51.0 Å². The molecular formula is C12H19NO3. The molecule has 1 atom stereocenters. The van der Waals surface area contributed by atoms with Crippen LogP contribution in [-0.2, 0) is 9.59 Å². The van der Waals surface area contributed by atoms with E-state index in [1.165, 1.54) is 12.8 Å². The highest BCUT2D eigenvalue weighted by atomic mass is 16.4. The molecule has 0 radical (unpaired) electrons. The fraction of sp³-hybridized carbons (Fsp3) is 0.833. The van der Waals surface area contributed by atoms with Crippen molar-refractivity contribution in [3.63, 3.8) is 0 Å². The molecule has 4 nitrogen and oxygen atoms in total. The quantitative estimate of drug-likeness (QED) is 0.791. The van der Waals surface area contributed by atoms with Gasteiger partial charge in [0.2, 0.25) is 5.91 Å². The number of hydrogen-bond acceptors (Lipinski definition) is 2. The van der Waals surface area contributed by atoms with Crippen molar-refractivity contribution in [2.24, 2.45) is 5.92 Å². The third kappa shape index (κ3) is 2.97. The molecule has 1 aliphatic carbocycles. The standard InChI is InChI=1S/C12H19NO3/c14-11(7-9-4-5-9)13-6-2-1-3-10(13)8-12(15)16/h9-10H,1-8H2,(H,15,16). The van der Waals surface area contributed by atoms with Crippen LogP contribution in [-0.4, -0.2) is 34.5 Å². The van der Waals surface area contributed by atoms with Crippen LogP contribution in [0.5, 0.6) is 0 Å². The molecule has 1 saturated carbocycles. The highest BCUT2D eigenvalue weighted by molar-refractivity contribution is 5.78. The zero-order valence-corrected chi connectivity index (χ0v) is 9.52. The lowest BCUT2D eigenvalue weighted by Crippen LogP contribution is -2.44. The maximum Gasteiger partial charge on any atom is 0.305 e. The predicted molar refractivity (Wildman–Crippen MR) is 58.9 cm³/mol. The molecule has 1 heterocycles. The van der Waals surface area contributed by atoms with Gasteiger partial charge in [-0.25, -0.2) is 0 Å². The van der Waals surface area contributed by atoms with Crippen molar-refractivity contribution in [3.05, 3.63) is 0 Å². The Balaban J connectivity index is 1.91. The minimum Gasteiger partial charge on any atom is -0.481 e. The summed E-state index contributed by atoms with van der Waals surface area (Å²) in [5, 5.41) is 8.82. The largest absolute Gasteiger partial charge is 0.481 e. The summed E-state index contributed by atoms with van der Waals surface area (Å²) in [6, 6.07) is -0.0579. The molecular weight excluding hydrogens is 206 g/mol. The van der Waals surface area contributed by atoms with Gasteiger partial charge in [0.05, 0.1) is 6.42 Å². The summed E-state index contributed by atoms with van der Waals surface area (Å²) >= 11 is 0. The average Bonchev–Trinajstić information content (AvgIpc) is 3.01. The van der Waals surface area contributed by atoms with Gasteiger partial charge in [0.15, 0.2) is 0 Å². The lowest BCUT2D eigenvalue weighted by Gasteiger charge is -2.35. The molecule has 1 saturated heterocycles. The van der Waals surface area contributed by atoms with E-state index >= 15 is 0 Å².